The van der Waals surface area contributed by atoms with E-state index < -0.39 is 10.0 Å². The van der Waals surface area contributed by atoms with Crippen molar-refractivity contribution in [2.24, 2.45) is 16.8 Å². The van der Waals surface area contributed by atoms with Crippen molar-refractivity contribution in [3.63, 3.8) is 0 Å². The van der Waals surface area contributed by atoms with Crippen molar-refractivity contribution in [3.05, 3.63) is 71.9 Å². The predicted octanol–water partition coefficient (Wildman–Crippen LogP) is 3.28. The zero-order valence-corrected chi connectivity index (χ0v) is 16.3. The third-order valence-electron chi connectivity index (χ3n) is 4.04. The van der Waals surface area contributed by atoms with Gasteiger partial charge in [-0.3, -0.25) is 0 Å². The number of nitrogens with two attached hydrogens (primary N) is 3. The van der Waals surface area contributed by atoms with E-state index in [0.717, 1.165) is 19.4 Å². The van der Waals surface area contributed by atoms with Gasteiger partial charge in [-0.05, 0) is 68.6 Å². The number of benzene rings is 1. The number of rotatable bonds is 4. The zero-order chi connectivity index (χ0) is 19.7. The summed E-state index contributed by atoms with van der Waals surface area (Å²) in [6.45, 7) is 8.80. The Balaban J connectivity index is 0.000000273. The molecule has 1 aliphatic rings. The van der Waals surface area contributed by atoms with Gasteiger partial charge in [-0.2, -0.15) is 0 Å². The Hall–Kier alpha value is -2.15. The fraction of sp³-hybridized carbons (Fsp3) is 0.300. The van der Waals surface area contributed by atoms with Gasteiger partial charge in [0.1, 0.15) is 0 Å². The van der Waals surface area contributed by atoms with Gasteiger partial charge in [0.2, 0.25) is 10.0 Å². The minimum absolute atomic E-state index is 0.0756. The summed E-state index contributed by atoms with van der Waals surface area (Å²) in [5.74, 6) is 0.500. The van der Waals surface area contributed by atoms with E-state index >= 15 is 0 Å². The Bertz CT molecular complexity index is 804. The van der Waals surface area contributed by atoms with E-state index in [2.05, 4.69) is 38.7 Å². The van der Waals surface area contributed by atoms with Crippen LogP contribution in [0.2, 0.25) is 0 Å². The smallest absolute Gasteiger partial charge is 0.238 e. The number of nitrogen functional groups attached to an aromatic ring is 1. The molecule has 1 aromatic carbocycles. The molecule has 26 heavy (non-hydrogen) atoms. The van der Waals surface area contributed by atoms with Crippen molar-refractivity contribution in [2.75, 3.05) is 12.3 Å². The number of hydrogen-bond donors (Lipinski definition) is 3. The van der Waals surface area contributed by atoms with Crippen molar-refractivity contribution in [1.82, 2.24) is 0 Å². The molecule has 0 aliphatic heterocycles. The predicted molar refractivity (Wildman–Crippen MR) is 110 cm³/mol. The van der Waals surface area contributed by atoms with E-state index in [0.29, 0.717) is 11.6 Å². The molecule has 1 aliphatic carbocycles. The highest BCUT2D eigenvalue weighted by molar-refractivity contribution is 7.89. The van der Waals surface area contributed by atoms with Gasteiger partial charge < -0.3 is 11.5 Å². The molecule has 2 rings (SSSR count). The van der Waals surface area contributed by atoms with Crippen molar-refractivity contribution in [3.8, 4) is 0 Å². The van der Waals surface area contributed by atoms with Gasteiger partial charge in [0.15, 0.2) is 0 Å². The van der Waals surface area contributed by atoms with E-state index in [1.54, 1.807) is 0 Å². The van der Waals surface area contributed by atoms with Crippen molar-refractivity contribution >= 4 is 15.7 Å². The van der Waals surface area contributed by atoms with Crippen molar-refractivity contribution in [1.29, 1.82) is 0 Å². The summed E-state index contributed by atoms with van der Waals surface area (Å²) in [4.78, 5) is 0.0756. The van der Waals surface area contributed by atoms with Crippen LogP contribution in [0.3, 0.4) is 0 Å². The summed E-state index contributed by atoms with van der Waals surface area (Å²) in [7, 11) is -3.58. The molecular weight excluding hydrogens is 346 g/mol. The highest BCUT2D eigenvalue weighted by Gasteiger charge is 2.19. The molecule has 142 valence electrons. The standard InChI is InChI=1S/C14H21N.C6H8N2O2S/c1-4-6-12-9-11(3)10-13(7-8-15)14(12)5-2;7-5-1-3-6(4-2-5)11(8,9)10/h4-6,10,13H,1,7-9,15H2,2-3H3;1-4H,7H2,(H2,8,9,10)/b12-6-,14-5+;. The second kappa shape index (κ2) is 10.1. The molecule has 0 saturated heterocycles. The van der Waals surface area contributed by atoms with E-state index in [4.69, 9.17) is 16.6 Å². The molecule has 1 aromatic rings. The lowest BCUT2D eigenvalue weighted by Gasteiger charge is -2.25. The molecule has 6 heteroatoms. The molecule has 0 saturated carbocycles. The number of primary sulfonamides is 1. The SMILES string of the molecule is C=C/C=C1/CC(C)=CC(CCN)/C1=C/C.Nc1ccc(S(N)(=O)=O)cc1. The molecule has 6 N–H and O–H groups in total. The fourth-order valence-corrected chi connectivity index (χ4v) is 3.42. The normalized spacial score (nSPS) is 20.3. The summed E-state index contributed by atoms with van der Waals surface area (Å²) in [6, 6.07) is 5.70. The number of hydrogen-bond acceptors (Lipinski definition) is 4. The highest BCUT2D eigenvalue weighted by Crippen LogP contribution is 2.34. The molecule has 0 aromatic heterocycles. The van der Waals surface area contributed by atoms with E-state index in [9.17, 15) is 8.42 Å². The molecule has 1 unspecified atom stereocenters. The maximum absolute atomic E-state index is 10.7. The van der Waals surface area contributed by atoms with Crippen LogP contribution in [0.25, 0.3) is 0 Å². The van der Waals surface area contributed by atoms with E-state index in [-0.39, 0.29) is 4.90 Å². The van der Waals surface area contributed by atoms with Gasteiger partial charge in [-0.1, -0.05) is 36.5 Å². The molecular formula is C20H29N3O2S. The van der Waals surface area contributed by atoms with Gasteiger partial charge in [-0.15, -0.1) is 0 Å². The van der Waals surface area contributed by atoms with Crippen LogP contribution in [0.15, 0.2) is 76.8 Å². The summed E-state index contributed by atoms with van der Waals surface area (Å²) in [5, 5.41) is 4.84. The van der Waals surface area contributed by atoms with Gasteiger partial charge >= 0.3 is 0 Å². The summed E-state index contributed by atoms with van der Waals surface area (Å²) in [5.41, 5.74) is 15.7. The molecule has 0 radical (unpaired) electrons. The largest absolute Gasteiger partial charge is 0.399 e. The Kier molecular flexibility index (Phi) is 8.51. The van der Waals surface area contributed by atoms with Crippen LogP contribution >= 0.6 is 0 Å². The third kappa shape index (κ3) is 6.63. The average molecular weight is 376 g/mol. The first kappa shape index (κ1) is 21.9. The van der Waals surface area contributed by atoms with Crippen molar-refractivity contribution < 1.29 is 8.42 Å². The van der Waals surface area contributed by atoms with Gasteiger partial charge in [0, 0.05) is 11.6 Å². The summed E-state index contributed by atoms with van der Waals surface area (Å²) < 4.78 is 21.4. The molecule has 0 amide bonds. The van der Waals surface area contributed by atoms with Crippen LogP contribution < -0.4 is 16.6 Å². The lowest BCUT2D eigenvalue weighted by atomic mass is 9.80. The highest BCUT2D eigenvalue weighted by atomic mass is 32.2. The van der Waals surface area contributed by atoms with Crippen molar-refractivity contribution in [2.45, 2.75) is 31.6 Å². The Morgan fingerprint density at radius 3 is 2.35 bits per heavy atom. The number of sulfonamides is 1. The van der Waals surface area contributed by atoms with Crippen LogP contribution in [0.5, 0.6) is 0 Å². The molecule has 5 nitrogen and oxygen atoms in total. The first-order valence-electron chi connectivity index (χ1n) is 8.46. The maximum atomic E-state index is 10.7. The number of anilines is 1. The van der Waals surface area contributed by atoms with Crippen LogP contribution in [-0.2, 0) is 10.0 Å². The Morgan fingerprint density at radius 1 is 1.27 bits per heavy atom. The fourth-order valence-electron chi connectivity index (χ4n) is 2.91. The molecule has 1 atom stereocenters. The van der Waals surface area contributed by atoms with Crippen LogP contribution in [0.1, 0.15) is 26.7 Å². The van der Waals surface area contributed by atoms with Gasteiger partial charge in [0.05, 0.1) is 4.90 Å². The molecule has 0 spiro atoms. The lowest BCUT2D eigenvalue weighted by Crippen LogP contribution is -2.14. The maximum Gasteiger partial charge on any atom is 0.238 e. The minimum Gasteiger partial charge on any atom is -0.399 e. The third-order valence-corrected chi connectivity index (χ3v) is 4.97. The van der Waals surface area contributed by atoms with E-state index in [1.807, 2.05) is 6.08 Å². The summed E-state index contributed by atoms with van der Waals surface area (Å²) >= 11 is 0. The minimum atomic E-state index is -3.58. The average Bonchev–Trinajstić information content (AvgIpc) is 2.55. The first-order chi connectivity index (χ1) is 12.2. The quantitative estimate of drug-likeness (QED) is 0.553. The molecule has 0 fully saturated rings. The zero-order valence-electron chi connectivity index (χ0n) is 15.5. The number of allylic oxidation sites excluding steroid dienone is 7. The second-order valence-electron chi connectivity index (χ2n) is 6.16. The molecule has 0 bridgehead atoms. The Labute approximate surface area is 157 Å². The Morgan fingerprint density at radius 2 is 1.88 bits per heavy atom. The lowest BCUT2D eigenvalue weighted by molar-refractivity contribution is 0.598. The first-order valence-corrected chi connectivity index (χ1v) is 10.0. The monoisotopic (exact) mass is 375 g/mol. The summed E-state index contributed by atoms with van der Waals surface area (Å²) in [6.07, 6.45) is 10.6. The topological polar surface area (TPSA) is 112 Å². The van der Waals surface area contributed by atoms with Crippen LogP contribution in [-0.4, -0.2) is 15.0 Å². The van der Waals surface area contributed by atoms with E-state index in [1.165, 1.54) is 41.0 Å². The van der Waals surface area contributed by atoms with Gasteiger partial charge in [-0.25, -0.2) is 13.6 Å². The van der Waals surface area contributed by atoms with Crippen LogP contribution in [0, 0.1) is 5.92 Å². The second-order valence-corrected chi connectivity index (χ2v) is 7.72. The van der Waals surface area contributed by atoms with Gasteiger partial charge in [0.25, 0.3) is 0 Å². The molecule has 0 heterocycles. The van der Waals surface area contributed by atoms with Crippen LogP contribution in [0.4, 0.5) is 5.69 Å².